The van der Waals surface area contributed by atoms with E-state index in [0.29, 0.717) is 17.7 Å². The second kappa shape index (κ2) is 7.93. The first-order valence-electron chi connectivity index (χ1n) is 6.17. The van der Waals surface area contributed by atoms with E-state index in [1.807, 2.05) is 0 Å². The lowest BCUT2D eigenvalue weighted by Gasteiger charge is -2.26. The number of hydrogen-bond donors (Lipinski definition) is 2. The van der Waals surface area contributed by atoms with E-state index in [0.717, 1.165) is 12.8 Å². The fourth-order valence-electron chi connectivity index (χ4n) is 2.10. The number of carbonyl (C=O) groups is 1. The summed E-state index contributed by atoms with van der Waals surface area (Å²) in [6.45, 7) is 1.24. The molecule has 1 aliphatic heterocycles. The number of rotatable bonds is 3. The monoisotopic (exact) mass is 366 g/mol. The molecule has 1 amide bonds. The molecule has 1 aromatic rings. The summed E-state index contributed by atoms with van der Waals surface area (Å²) in [5.74, 6) is -0.747. The van der Waals surface area contributed by atoms with Gasteiger partial charge in [0.2, 0.25) is 5.91 Å². The SMILES string of the molecule is Cl.NC(C(=O)Nc1cc(Br)ccc1F)C1CCOCC1. The summed E-state index contributed by atoms with van der Waals surface area (Å²) < 4.78 is 19.5. The quantitative estimate of drug-likeness (QED) is 0.863. The molecule has 1 aromatic carbocycles. The third kappa shape index (κ3) is 4.41. The number of benzene rings is 1. The summed E-state index contributed by atoms with van der Waals surface area (Å²) in [5, 5.41) is 2.54. The summed E-state index contributed by atoms with van der Waals surface area (Å²) in [7, 11) is 0. The van der Waals surface area contributed by atoms with Crippen molar-refractivity contribution in [3.8, 4) is 0 Å². The van der Waals surface area contributed by atoms with Gasteiger partial charge in [-0.05, 0) is 37.0 Å². The van der Waals surface area contributed by atoms with Crippen LogP contribution in [0.25, 0.3) is 0 Å². The van der Waals surface area contributed by atoms with E-state index in [1.165, 1.54) is 12.1 Å². The molecule has 1 unspecified atom stereocenters. The molecule has 0 radical (unpaired) electrons. The smallest absolute Gasteiger partial charge is 0.241 e. The van der Waals surface area contributed by atoms with E-state index < -0.39 is 11.9 Å². The van der Waals surface area contributed by atoms with E-state index in [-0.39, 0.29) is 29.9 Å². The van der Waals surface area contributed by atoms with Crippen molar-refractivity contribution in [2.24, 2.45) is 11.7 Å². The molecule has 0 saturated carbocycles. The molecule has 3 N–H and O–H groups in total. The average molecular weight is 368 g/mol. The second-order valence-electron chi connectivity index (χ2n) is 4.59. The molecule has 2 rings (SSSR count). The molecular weight excluding hydrogens is 351 g/mol. The summed E-state index contributed by atoms with van der Waals surface area (Å²) in [6.07, 6.45) is 1.52. The first-order chi connectivity index (χ1) is 9.08. The number of hydrogen-bond acceptors (Lipinski definition) is 3. The highest BCUT2D eigenvalue weighted by Crippen LogP contribution is 2.22. The van der Waals surface area contributed by atoms with Gasteiger partial charge in [-0.2, -0.15) is 0 Å². The molecule has 7 heteroatoms. The molecule has 0 aromatic heterocycles. The van der Waals surface area contributed by atoms with Crippen molar-refractivity contribution in [3.63, 3.8) is 0 Å². The Morgan fingerprint density at radius 1 is 1.45 bits per heavy atom. The number of halogens is 3. The van der Waals surface area contributed by atoms with Crippen LogP contribution in [-0.2, 0) is 9.53 Å². The highest BCUT2D eigenvalue weighted by Gasteiger charge is 2.27. The summed E-state index contributed by atoms with van der Waals surface area (Å²) >= 11 is 3.23. The van der Waals surface area contributed by atoms with Crippen molar-refractivity contribution in [1.82, 2.24) is 0 Å². The van der Waals surface area contributed by atoms with Gasteiger partial charge in [-0.15, -0.1) is 12.4 Å². The van der Waals surface area contributed by atoms with Crippen molar-refractivity contribution in [3.05, 3.63) is 28.5 Å². The largest absolute Gasteiger partial charge is 0.381 e. The van der Waals surface area contributed by atoms with E-state index in [1.54, 1.807) is 6.07 Å². The molecule has 1 fully saturated rings. The van der Waals surface area contributed by atoms with Crippen molar-refractivity contribution in [2.45, 2.75) is 18.9 Å². The van der Waals surface area contributed by atoms with Gasteiger partial charge < -0.3 is 15.8 Å². The summed E-state index contributed by atoms with van der Waals surface area (Å²) in [6, 6.07) is 3.75. The van der Waals surface area contributed by atoms with Gasteiger partial charge in [-0.25, -0.2) is 4.39 Å². The Labute approximate surface area is 131 Å². The fraction of sp³-hybridized carbons (Fsp3) is 0.462. The normalized spacial score (nSPS) is 17.1. The molecule has 112 valence electrons. The molecule has 20 heavy (non-hydrogen) atoms. The molecule has 1 heterocycles. The lowest BCUT2D eigenvalue weighted by atomic mass is 9.92. The van der Waals surface area contributed by atoms with Crippen molar-refractivity contribution < 1.29 is 13.9 Å². The Bertz CT molecular complexity index is 470. The molecular formula is C13H17BrClFN2O2. The number of amides is 1. The molecule has 1 aliphatic rings. The molecule has 0 aliphatic carbocycles. The van der Waals surface area contributed by atoms with Crippen molar-refractivity contribution in [2.75, 3.05) is 18.5 Å². The van der Waals surface area contributed by atoms with Crippen LogP contribution in [0.2, 0.25) is 0 Å². The Morgan fingerprint density at radius 2 is 2.10 bits per heavy atom. The van der Waals surface area contributed by atoms with Crippen LogP contribution >= 0.6 is 28.3 Å². The molecule has 0 spiro atoms. The Balaban J connectivity index is 0.00000200. The average Bonchev–Trinajstić information content (AvgIpc) is 2.43. The zero-order valence-electron chi connectivity index (χ0n) is 10.8. The van der Waals surface area contributed by atoms with Crippen LogP contribution < -0.4 is 11.1 Å². The van der Waals surface area contributed by atoms with Gasteiger partial charge in [-0.3, -0.25) is 4.79 Å². The van der Waals surface area contributed by atoms with Crippen LogP contribution in [0.15, 0.2) is 22.7 Å². The molecule has 1 saturated heterocycles. The highest BCUT2D eigenvalue weighted by atomic mass is 79.9. The number of nitrogens with one attached hydrogen (secondary N) is 1. The van der Waals surface area contributed by atoms with Crippen molar-refractivity contribution in [1.29, 1.82) is 0 Å². The van der Waals surface area contributed by atoms with Crippen LogP contribution in [0.5, 0.6) is 0 Å². The number of carbonyl (C=O) groups excluding carboxylic acids is 1. The van der Waals surface area contributed by atoms with Crippen LogP contribution in [0.1, 0.15) is 12.8 Å². The predicted octanol–water partition coefficient (Wildman–Crippen LogP) is 2.70. The van der Waals surface area contributed by atoms with Gasteiger partial charge in [0.05, 0.1) is 11.7 Å². The third-order valence-corrected chi connectivity index (χ3v) is 3.76. The summed E-state index contributed by atoms with van der Waals surface area (Å²) in [4.78, 5) is 12.0. The number of ether oxygens (including phenoxy) is 1. The maximum atomic E-state index is 13.5. The lowest BCUT2D eigenvalue weighted by Crippen LogP contribution is -2.44. The zero-order valence-corrected chi connectivity index (χ0v) is 13.2. The second-order valence-corrected chi connectivity index (χ2v) is 5.50. The van der Waals surface area contributed by atoms with Gasteiger partial charge in [0.15, 0.2) is 0 Å². The minimum Gasteiger partial charge on any atom is -0.381 e. The maximum Gasteiger partial charge on any atom is 0.241 e. The first-order valence-corrected chi connectivity index (χ1v) is 6.96. The van der Waals surface area contributed by atoms with Crippen molar-refractivity contribution >= 4 is 39.9 Å². The highest BCUT2D eigenvalue weighted by molar-refractivity contribution is 9.10. The maximum absolute atomic E-state index is 13.5. The topological polar surface area (TPSA) is 64.4 Å². The van der Waals surface area contributed by atoms with Crippen LogP contribution in [-0.4, -0.2) is 25.2 Å². The van der Waals surface area contributed by atoms with E-state index in [4.69, 9.17) is 10.5 Å². The minimum atomic E-state index is -0.637. The first kappa shape index (κ1) is 17.4. The van der Waals surface area contributed by atoms with Gasteiger partial charge in [0.1, 0.15) is 5.82 Å². The van der Waals surface area contributed by atoms with Crippen LogP contribution in [0.4, 0.5) is 10.1 Å². The van der Waals surface area contributed by atoms with Gasteiger partial charge in [0.25, 0.3) is 0 Å². The summed E-state index contributed by atoms with van der Waals surface area (Å²) in [5.41, 5.74) is 6.07. The molecule has 4 nitrogen and oxygen atoms in total. The molecule has 0 bridgehead atoms. The zero-order chi connectivity index (χ0) is 13.8. The van der Waals surface area contributed by atoms with Gasteiger partial charge in [-0.1, -0.05) is 15.9 Å². The standard InChI is InChI=1S/C13H16BrFN2O2.ClH/c14-9-1-2-10(15)11(7-9)17-13(18)12(16)8-3-5-19-6-4-8;/h1-2,7-8,12H,3-6,16H2,(H,17,18);1H. The van der Waals surface area contributed by atoms with Gasteiger partial charge in [0, 0.05) is 17.7 Å². The van der Waals surface area contributed by atoms with E-state index in [9.17, 15) is 9.18 Å². The van der Waals surface area contributed by atoms with Crippen LogP contribution in [0.3, 0.4) is 0 Å². The lowest BCUT2D eigenvalue weighted by molar-refractivity contribution is -0.119. The predicted molar refractivity (Wildman–Crippen MR) is 81.5 cm³/mol. The Kier molecular flexibility index (Phi) is 6.88. The van der Waals surface area contributed by atoms with Crippen LogP contribution in [0, 0.1) is 11.7 Å². The molecule has 1 atom stereocenters. The fourth-order valence-corrected chi connectivity index (χ4v) is 2.46. The van der Waals surface area contributed by atoms with E-state index >= 15 is 0 Å². The van der Waals surface area contributed by atoms with Gasteiger partial charge >= 0.3 is 0 Å². The number of nitrogens with two attached hydrogens (primary N) is 1. The third-order valence-electron chi connectivity index (χ3n) is 3.26. The number of anilines is 1. The Hall–Kier alpha value is -0.690. The van der Waals surface area contributed by atoms with E-state index in [2.05, 4.69) is 21.2 Å². The minimum absolute atomic E-state index is 0. The Morgan fingerprint density at radius 3 is 2.75 bits per heavy atom.